The fraction of sp³-hybridized carbons (Fsp3) is 0.533. The van der Waals surface area contributed by atoms with Gasteiger partial charge in [-0.2, -0.15) is 4.31 Å². The molecule has 1 aromatic rings. The van der Waals surface area contributed by atoms with Gasteiger partial charge in [0.25, 0.3) is 0 Å². The van der Waals surface area contributed by atoms with Gasteiger partial charge < -0.3 is 5.32 Å². The van der Waals surface area contributed by atoms with Crippen LogP contribution in [0.5, 0.6) is 0 Å². The number of hydrogen-bond acceptors (Lipinski definition) is 3. The van der Waals surface area contributed by atoms with Crippen molar-refractivity contribution >= 4 is 15.9 Å². The summed E-state index contributed by atoms with van der Waals surface area (Å²) in [5.74, 6) is -0.640. The number of nitrogens with zero attached hydrogens (tertiary/aromatic N) is 1. The number of halogens is 1. The summed E-state index contributed by atoms with van der Waals surface area (Å²) < 4.78 is 39.2. The minimum absolute atomic E-state index is 0.0196. The van der Waals surface area contributed by atoms with Gasteiger partial charge >= 0.3 is 0 Å². The molecule has 1 amide bonds. The largest absolute Gasteiger partial charge is 0.354 e. The van der Waals surface area contributed by atoms with E-state index in [4.69, 9.17) is 0 Å². The molecule has 1 aliphatic heterocycles. The highest BCUT2D eigenvalue weighted by Gasteiger charge is 2.32. The van der Waals surface area contributed by atoms with Gasteiger partial charge in [-0.25, -0.2) is 12.8 Å². The van der Waals surface area contributed by atoms with Crippen molar-refractivity contribution in [2.45, 2.75) is 37.6 Å². The Hall–Kier alpha value is -1.47. The summed E-state index contributed by atoms with van der Waals surface area (Å²) in [6.45, 7) is 4.39. The second kappa shape index (κ2) is 6.75. The molecule has 0 radical (unpaired) electrons. The first kappa shape index (κ1) is 16.9. The number of carbonyl (C=O) groups excluding carboxylic acids is 1. The summed E-state index contributed by atoms with van der Waals surface area (Å²) in [7, 11) is -3.62. The summed E-state index contributed by atoms with van der Waals surface area (Å²) in [6.07, 6.45) is 0.998. The fourth-order valence-electron chi connectivity index (χ4n) is 2.52. The van der Waals surface area contributed by atoms with Gasteiger partial charge in [-0.3, -0.25) is 4.79 Å². The lowest BCUT2D eigenvalue weighted by atomic mass is 9.97. The van der Waals surface area contributed by atoms with Crippen LogP contribution in [0.1, 0.15) is 26.7 Å². The van der Waals surface area contributed by atoms with E-state index in [1.807, 2.05) is 13.8 Å². The highest BCUT2D eigenvalue weighted by Crippen LogP contribution is 2.24. The van der Waals surface area contributed by atoms with Crippen LogP contribution >= 0.6 is 0 Å². The predicted molar refractivity (Wildman–Crippen MR) is 81.2 cm³/mol. The normalized spacial score (nSPS) is 17.6. The summed E-state index contributed by atoms with van der Waals surface area (Å²) >= 11 is 0. The number of rotatable bonds is 4. The third kappa shape index (κ3) is 3.84. The van der Waals surface area contributed by atoms with Crippen molar-refractivity contribution in [3.63, 3.8) is 0 Å². The van der Waals surface area contributed by atoms with Crippen LogP contribution in [0.25, 0.3) is 0 Å². The summed E-state index contributed by atoms with van der Waals surface area (Å²) in [5, 5.41) is 2.86. The molecule has 0 atom stereocenters. The molecule has 0 aliphatic carbocycles. The van der Waals surface area contributed by atoms with Crippen molar-refractivity contribution in [1.29, 1.82) is 0 Å². The van der Waals surface area contributed by atoms with Gasteiger partial charge in [0.15, 0.2) is 0 Å². The van der Waals surface area contributed by atoms with Gasteiger partial charge in [-0.1, -0.05) is 0 Å². The smallest absolute Gasteiger partial charge is 0.243 e. The number of benzene rings is 1. The van der Waals surface area contributed by atoms with E-state index < -0.39 is 15.8 Å². The van der Waals surface area contributed by atoms with Gasteiger partial charge in [-0.15, -0.1) is 0 Å². The number of nitrogens with one attached hydrogen (secondary N) is 1. The van der Waals surface area contributed by atoms with E-state index in [1.165, 1.54) is 16.4 Å². The van der Waals surface area contributed by atoms with E-state index in [1.54, 1.807) is 0 Å². The van der Waals surface area contributed by atoms with Gasteiger partial charge in [0.2, 0.25) is 15.9 Å². The Morgan fingerprint density at radius 3 is 2.27 bits per heavy atom. The molecule has 0 bridgehead atoms. The Labute approximate surface area is 130 Å². The first-order valence-corrected chi connectivity index (χ1v) is 8.81. The second-order valence-corrected chi connectivity index (χ2v) is 7.73. The summed E-state index contributed by atoms with van der Waals surface area (Å²) in [4.78, 5) is 12.0. The van der Waals surface area contributed by atoms with E-state index in [0.717, 1.165) is 12.1 Å². The van der Waals surface area contributed by atoms with E-state index >= 15 is 0 Å². The molecule has 1 N–H and O–H groups in total. The second-order valence-electron chi connectivity index (χ2n) is 5.80. The first-order chi connectivity index (χ1) is 10.3. The molecule has 1 heterocycles. The fourth-order valence-corrected chi connectivity index (χ4v) is 3.99. The first-order valence-electron chi connectivity index (χ1n) is 7.37. The molecule has 7 heteroatoms. The van der Waals surface area contributed by atoms with E-state index in [9.17, 15) is 17.6 Å². The predicted octanol–water partition coefficient (Wildman–Crippen LogP) is 1.75. The van der Waals surface area contributed by atoms with Crippen molar-refractivity contribution in [3.05, 3.63) is 30.1 Å². The van der Waals surface area contributed by atoms with Crippen LogP contribution in [-0.2, 0) is 14.8 Å². The highest BCUT2D eigenvalue weighted by atomic mass is 32.2. The molecule has 0 saturated carbocycles. The van der Waals surface area contributed by atoms with E-state index in [0.29, 0.717) is 25.9 Å². The SMILES string of the molecule is CC(C)NC(=O)C1CCN(S(=O)(=O)c2ccc(F)cc2)CC1. The summed E-state index contributed by atoms with van der Waals surface area (Å²) in [6, 6.07) is 4.88. The Morgan fingerprint density at radius 2 is 1.77 bits per heavy atom. The monoisotopic (exact) mass is 328 g/mol. The summed E-state index contributed by atoms with van der Waals surface area (Å²) in [5.41, 5.74) is 0. The number of sulfonamides is 1. The van der Waals surface area contributed by atoms with Crippen LogP contribution in [0, 0.1) is 11.7 Å². The third-order valence-corrected chi connectivity index (χ3v) is 5.62. The highest BCUT2D eigenvalue weighted by molar-refractivity contribution is 7.89. The Bertz CT molecular complexity index is 621. The topological polar surface area (TPSA) is 66.5 Å². The molecule has 2 rings (SSSR count). The van der Waals surface area contributed by atoms with Crippen molar-refractivity contribution in [1.82, 2.24) is 9.62 Å². The van der Waals surface area contributed by atoms with Crippen molar-refractivity contribution in [3.8, 4) is 0 Å². The zero-order chi connectivity index (χ0) is 16.3. The molecule has 0 aromatic heterocycles. The lowest BCUT2D eigenvalue weighted by Crippen LogP contribution is -2.44. The number of amides is 1. The maximum absolute atomic E-state index is 12.9. The number of hydrogen-bond donors (Lipinski definition) is 1. The standard InChI is InChI=1S/C15H21FN2O3S/c1-11(2)17-15(19)12-7-9-18(10-8-12)22(20,21)14-5-3-13(16)4-6-14/h3-6,11-12H,7-10H2,1-2H3,(H,17,19). The van der Waals surface area contributed by atoms with Crippen LogP contribution in [0.15, 0.2) is 29.2 Å². The maximum Gasteiger partial charge on any atom is 0.243 e. The van der Waals surface area contributed by atoms with Crippen molar-refractivity contribution in [2.75, 3.05) is 13.1 Å². The number of carbonyl (C=O) groups is 1. The zero-order valence-corrected chi connectivity index (χ0v) is 13.6. The molecule has 0 unspecified atom stereocenters. The minimum atomic E-state index is -3.62. The molecule has 122 valence electrons. The molecular formula is C15H21FN2O3S. The quantitative estimate of drug-likeness (QED) is 0.916. The van der Waals surface area contributed by atoms with Crippen molar-refractivity contribution in [2.24, 2.45) is 5.92 Å². The van der Waals surface area contributed by atoms with E-state index in [-0.39, 0.29) is 22.8 Å². The molecule has 1 aromatic carbocycles. The molecule has 1 fully saturated rings. The Morgan fingerprint density at radius 1 is 1.23 bits per heavy atom. The Kier molecular flexibility index (Phi) is 5.18. The van der Waals surface area contributed by atoms with Gasteiger partial charge in [0.1, 0.15) is 5.82 Å². The molecule has 5 nitrogen and oxygen atoms in total. The average molecular weight is 328 g/mol. The van der Waals surface area contributed by atoms with Crippen LogP contribution < -0.4 is 5.32 Å². The lowest BCUT2D eigenvalue weighted by molar-refractivity contribution is -0.126. The minimum Gasteiger partial charge on any atom is -0.354 e. The molecule has 0 spiro atoms. The average Bonchev–Trinajstić information content (AvgIpc) is 2.47. The molecular weight excluding hydrogens is 307 g/mol. The van der Waals surface area contributed by atoms with E-state index in [2.05, 4.69) is 5.32 Å². The van der Waals surface area contributed by atoms with Crippen LogP contribution in [-0.4, -0.2) is 37.8 Å². The van der Waals surface area contributed by atoms with Gasteiger partial charge in [-0.05, 0) is 51.0 Å². The molecule has 22 heavy (non-hydrogen) atoms. The van der Waals surface area contributed by atoms with Gasteiger partial charge in [0.05, 0.1) is 4.90 Å². The molecule has 1 saturated heterocycles. The third-order valence-electron chi connectivity index (χ3n) is 3.71. The lowest BCUT2D eigenvalue weighted by Gasteiger charge is -2.30. The molecule has 1 aliphatic rings. The van der Waals surface area contributed by atoms with Crippen LogP contribution in [0.4, 0.5) is 4.39 Å². The van der Waals surface area contributed by atoms with Crippen LogP contribution in [0.3, 0.4) is 0 Å². The van der Waals surface area contributed by atoms with Crippen LogP contribution in [0.2, 0.25) is 0 Å². The van der Waals surface area contributed by atoms with Gasteiger partial charge in [0, 0.05) is 25.0 Å². The maximum atomic E-state index is 12.9. The van der Waals surface area contributed by atoms with Crippen molar-refractivity contribution < 1.29 is 17.6 Å². The Balaban J connectivity index is 2.01. The number of piperidine rings is 1. The zero-order valence-electron chi connectivity index (χ0n) is 12.8.